The van der Waals surface area contributed by atoms with Crippen molar-refractivity contribution in [2.45, 2.75) is 96.7 Å². The maximum Gasteiger partial charge on any atom is 0.408 e. The first kappa shape index (κ1) is 36.0. The number of benzene rings is 1. The zero-order valence-electron chi connectivity index (χ0n) is 25.4. The van der Waals surface area contributed by atoms with Gasteiger partial charge < -0.3 is 34.4 Å². The number of ether oxygens (including phenoxy) is 1. The number of rotatable bonds is 16. The van der Waals surface area contributed by atoms with Gasteiger partial charge in [0.1, 0.15) is 12.6 Å². The smallest absolute Gasteiger partial charge is 0.408 e. The van der Waals surface area contributed by atoms with Gasteiger partial charge >= 0.3 is 13.7 Å². The molecule has 3 N–H and O–H groups in total. The summed E-state index contributed by atoms with van der Waals surface area (Å²) in [5.41, 5.74) is 0.482. The van der Waals surface area contributed by atoms with Gasteiger partial charge in [-0.25, -0.2) is 4.79 Å². The number of amides is 3. The molecule has 13 heteroatoms. The third-order valence-corrected chi connectivity index (χ3v) is 9.90. The number of nitrogens with zero attached hydrogens (tertiary/aromatic N) is 1. The summed E-state index contributed by atoms with van der Waals surface area (Å²) in [6.45, 7) is 5.28. The quantitative estimate of drug-likeness (QED) is 0.210. The van der Waals surface area contributed by atoms with Crippen molar-refractivity contribution in [1.82, 2.24) is 15.5 Å². The molecule has 0 heterocycles. The normalized spacial score (nSPS) is 17.0. The van der Waals surface area contributed by atoms with Gasteiger partial charge in [-0.2, -0.15) is 0 Å². The number of carbonyl (C=O) groups is 3. The number of alkyl carbamates (subject to hydrolysis) is 1. The summed E-state index contributed by atoms with van der Waals surface area (Å²) in [7, 11) is -0.879. The largest absolute Gasteiger partial charge is 0.445 e. The van der Waals surface area contributed by atoms with Gasteiger partial charge in [0.05, 0.1) is 19.3 Å². The maximum absolute atomic E-state index is 13.8. The van der Waals surface area contributed by atoms with E-state index in [1.165, 1.54) is 4.90 Å². The van der Waals surface area contributed by atoms with E-state index in [0.717, 1.165) is 32.1 Å². The summed E-state index contributed by atoms with van der Waals surface area (Å²) in [5, 5.41) is 17.1. The first-order valence-electron chi connectivity index (χ1n) is 14.6. The van der Waals surface area contributed by atoms with Gasteiger partial charge in [-0.1, -0.05) is 49.9 Å². The SMILES string of the molecule is CCOP(=O)(OCC)C(O)[C@H](CCC(=O)N(C)C)NC(=O)C(CC1(C)CCCCC1)NC(=O)OCc1cccc(Cl)c1. The molecule has 42 heavy (non-hydrogen) atoms. The van der Waals surface area contributed by atoms with Gasteiger partial charge in [0.25, 0.3) is 0 Å². The molecule has 3 amide bonds. The minimum Gasteiger partial charge on any atom is -0.445 e. The molecule has 2 rings (SSSR count). The summed E-state index contributed by atoms with van der Waals surface area (Å²) in [6, 6.07) is 4.73. The van der Waals surface area contributed by atoms with Crippen molar-refractivity contribution in [3.63, 3.8) is 0 Å². The van der Waals surface area contributed by atoms with E-state index in [9.17, 15) is 24.1 Å². The van der Waals surface area contributed by atoms with Crippen molar-refractivity contribution in [2.75, 3.05) is 27.3 Å². The standard InChI is InChI=1S/C29H47ClN3O8P/c1-6-40-42(38,41-7-2)27(36)23(14-15-25(34)33(4)5)31-26(35)24(19-29(3)16-9-8-10-17-29)32-28(37)39-20-21-12-11-13-22(30)18-21/h11-13,18,23-24,27,36H,6-10,14-17,19-20H2,1-5H3,(H,31,35)(H,32,37)/t23-,24?,27?/m0/s1. The van der Waals surface area contributed by atoms with E-state index >= 15 is 0 Å². The molecule has 2 unspecified atom stereocenters. The topological polar surface area (TPSA) is 144 Å². The predicted molar refractivity (Wildman–Crippen MR) is 161 cm³/mol. The zero-order valence-corrected chi connectivity index (χ0v) is 27.0. The number of aliphatic hydroxyl groups is 1. The lowest BCUT2D eigenvalue weighted by Gasteiger charge is -2.37. The van der Waals surface area contributed by atoms with Crippen LogP contribution in [0.5, 0.6) is 0 Å². The van der Waals surface area contributed by atoms with Crippen molar-refractivity contribution in [2.24, 2.45) is 5.41 Å². The van der Waals surface area contributed by atoms with Crippen LogP contribution in [0.4, 0.5) is 4.79 Å². The Bertz CT molecular complexity index is 1070. The van der Waals surface area contributed by atoms with Crippen molar-refractivity contribution in [3.05, 3.63) is 34.9 Å². The van der Waals surface area contributed by atoms with Crippen molar-refractivity contribution >= 4 is 37.1 Å². The minimum absolute atomic E-state index is 0.00658. The van der Waals surface area contributed by atoms with Crippen LogP contribution >= 0.6 is 19.2 Å². The fraction of sp³-hybridized carbons (Fsp3) is 0.690. The second kappa shape index (κ2) is 17.2. The Morgan fingerprint density at radius 3 is 2.31 bits per heavy atom. The molecule has 0 saturated heterocycles. The van der Waals surface area contributed by atoms with E-state index in [0.29, 0.717) is 17.0 Å². The molecule has 11 nitrogen and oxygen atoms in total. The number of aliphatic hydroxyl groups excluding tert-OH is 1. The fourth-order valence-corrected chi connectivity index (χ4v) is 7.10. The van der Waals surface area contributed by atoms with Gasteiger partial charge in [0.2, 0.25) is 11.8 Å². The Labute approximate surface area is 254 Å². The minimum atomic E-state index is -4.07. The Hall–Kier alpha value is -2.17. The Morgan fingerprint density at radius 1 is 1.10 bits per heavy atom. The van der Waals surface area contributed by atoms with E-state index in [4.69, 9.17) is 25.4 Å². The number of halogens is 1. The zero-order chi connectivity index (χ0) is 31.3. The summed E-state index contributed by atoms with van der Waals surface area (Å²) in [6.07, 6.45) is 4.41. The molecule has 1 fully saturated rings. The Morgan fingerprint density at radius 2 is 1.74 bits per heavy atom. The molecule has 1 saturated carbocycles. The highest BCUT2D eigenvalue weighted by Crippen LogP contribution is 2.53. The van der Waals surface area contributed by atoms with Gasteiger partial charge in [-0.05, 0) is 62.6 Å². The van der Waals surface area contributed by atoms with Crippen LogP contribution in [-0.4, -0.2) is 73.2 Å². The van der Waals surface area contributed by atoms with E-state index < -0.39 is 37.5 Å². The summed E-state index contributed by atoms with van der Waals surface area (Å²) in [4.78, 5) is 40.4. The first-order valence-corrected chi connectivity index (χ1v) is 16.6. The molecule has 0 bridgehead atoms. The number of hydrogen-bond donors (Lipinski definition) is 3. The monoisotopic (exact) mass is 631 g/mol. The van der Waals surface area contributed by atoms with Crippen LogP contribution in [0.2, 0.25) is 5.02 Å². The number of hydrogen-bond acceptors (Lipinski definition) is 8. The molecule has 1 aliphatic rings. The van der Waals surface area contributed by atoms with Crippen molar-refractivity contribution in [3.8, 4) is 0 Å². The molecule has 0 aliphatic heterocycles. The fourth-order valence-electron chi connectivity index (χ4n) is 5.12. The van der Waals surface area contributed by atoms with E-state index in [-0.39, 0.29) is 44.0 Å². The average Bonchev–Trinajstić information content (AvgIpc) is 2.93. The van der Waals surface area contributed by atoms with Crippen LogP contribution in [0, 0.1) is 5.41 Å². The highest BCUT2D eigenvalue weighted by molar-refractivity contribution is 7.54. The summed E-state index contributed by atoms with van der Waals surface area (Å²) >= 11 is 6.03. The first-order chi connectivity index (χ1) is 19.8. The molecule has 0 spiro atoms. The van der Waals surface area contributed by atoms with Crippen molar-refractivity contribution in [1.29, 1.82) is 0 Å². The Kier molecular flexibility index (Phi) is 14.8. The second-order valence-electron chi connectivity index (χ2n) is 11.2. The van der Waals surface area contributed by atoms with Crippen LogP contribution < -0.4 is 10.6 Å². The van der Waals surface area contributed by atoms with Gasteiger partial charge in [-0.3, -0.25) is 14.2 Å². The third-order valence-electron chi connectivity index (χ3n) is 7.42. The molecule has 1 aromatic carbocycles. The molecule has 1 aliphatic carbocycles. The molecule has 0 radical (unpaired) electrons. The van der Waals surface area contributed by atoms with Crippen LogP contribution in [0.3, 0.4) is 0 Å². The second-order valence-corrected chi connectivity index (χ2v) is 13.8. The van der Waals surface area contributed by atoms with Gasteiger partial charge in [-0.15, -0.1) is 0 Å². The highest BCUT2D eigenvalue weighted by Gasteiger charge is 2.42. The number of carbonyl (C=O) groups excluding carboxylic acids is 3. The van der Waals surface area contributed by atoms with E-state index in [1.54, 1.807) is 52.2 Å². The average molecular weight is 632 g/mol. The van der Waals surface area contributed by atoms with Crippen LogP contribution in [0.25, 0.3) is 0 Å². The highest BCUT2D eigenvalue weighted by atomic mass is 35.5. The van der Waals surface area contributed by atoms with E-state index in [2.05, 4.69) is 17.6 Å². The molecular formula is C29H47ClN3O8P. The molecular weight excluding hydrogens is 585 g/mol. The van der Waals surface area contributed by atoms with Crippen LogP contribution in [-0.2, 0) is 34.5 Å². The van der Waals surface area contributed by atoms with Crippen LogP contribution in [0.15, 0.2) is 24.3 Å². The third kappa shape index (κ3) is 11.5. The summed E-state index contributed by atoms with van der Waals surface area (Å²) < 4.78 is 29.5. The lowest BCUT2D eigenvalue weighted by atomic mass is 9.71. The van der Waals surface area contributed by atoms with Gasteiger partial charge in [0.15, 0.2) is 5.85 Å². The van der Waals surface area contributed by atoms with E-state index in [1.807, 2.05) is 0 Å². The lowest BCUT2D eigenvalue weighted by Crippen LogP contribution is -2.54. The maximum atomic E-state index is 13.8. The number of nitrogens with one attached hydrogen (secondary N) is 2. The van der Waals surface area contributed by atoms with Crippen LogP contribution in [0.1, 0.15) is 77.7 Å². The Balaban J connectivity index is 2.28. The molecule has 3 atom stereocenters. The summed E-state index contributed by atoms with van der Waals surface area (Å²) in [5.74, 6) is -2.57. The molecule has 238 valence electrons. The molecule has 1 aromatic rings. The van der Waals surface area contributed by atoms with Crippen molar-refractivity contribution < 1.29 is 37.8 Å². The lowest BCUT2D eigenvalue weighted by molar-refractivity contribution is -0.130. The van der Waals surface area contributed by atoms with Gasteiger partial charge in [0, 0.05) is 25.5 Å². The predicted octanol–water partition coefficient (Wildman–Crippen LogP) is 5.23. The molecule has 0 aromatic heterocycles.